The van der Waals surface area contributed by atoms with E-state index in [9.17, 15) is 10.2 Å². The fourth-order valence-corrected chi connectivity index (χ4v) is 4.29. The van der Waals surface area contributed by atoms with Crippen LogP contribution in [0.1, 0.15) is 43.6 Å². The third-order valence-corrected chi connectivity index (χ3v) is 6.19. The Balaban J connectivity index is 1.64. The van der Waals surface area contributed by atoms with Gasteiger partial charge in [-0.3, -0.25) is 0 Å². The quantitative estimate of drug-likeness (QED) is 0.453. The second-order valence-electron chi connectivity index (χ2n) is 8.21. The zero-order valence-corrected chi connectivity index (χ0v) is 19.4. The lowest BCUT2D eigenvalue weighted by atomic mass is 9.86. The molecule has 0 amide bonds. The highest BCUT2D eigenvalue weighted by Crippen LogP contribution is 2.47. The van der Waals surface area contributed by atoms with Crippen LogP contribution in [-0.4, -0.2) is 41.4 Å². The smallest absolute Gasteiger partial charge is 0.150 e. The van der Waals surface area contributed by atoms with Crippen LogP contribution in [-0.2, 0) is 0 Å². The molecule has 0 aromatic heterocycles. The van der Waals surface area contributed by atoms with E-state index in [1.807, 2.05) is 43.3 Å². The summed E-state index contributed by atoms with van der Waals surface area (Å²) in [6.07, 6.45) is -0.353. The lowest BCUT2D eigenvalue weighted by molar-refractivity contribution is 0.222. The maximum atomic E-state index is 10.1. The van der Waals surface area contributed by atoms with Gasteiger partial charge in [0.25, 0.3) is 0 Å². The van der Waals surface area contributed by atoms with Crippen molar-refractivity contribution in [3.63, 3.8) is 0 Å². The molecule has 0 fully saturated rings. The monoisotopic (exact) mass is 445 g/mol. The van der Waals surface area contributed by atoms with Crippen LogP contribution in [0.2, 0.25) is 0 Å². The van der Waals surface area contributed by atoms with Gasteiger partial charge < -0.3 is 24.6 Å². The molecule has 5 nitrogen and oxygen atoms in total. The Morgan fingerprint density at radius 3 is 2.33 bits per heavy atom. The molecule has 3 aromatic carbocycles. The van der Waals surface area contributed by atoms with E-state index in [1.54, 1.807) is 30.3 Å². The minimum atomic E-state index is -0.353. The number of fused-ring (bicyclic) bond motifs is 1. The highest BCUT2D eigenvalue weighted by Gasteiger charge is 2.29. The SMILES string of the molecule is CCN(CC)CCOc1ccc(C2Oc3ccc(O)cc3C(C)=C2c2cccc(O)c2)cc1. The largest absolute Gasteiger partial charge is 0.508 e. The predicted molar refractivity (Wildman–Crippen MR) is 132 cm³/mol. The number of rotatable bonds is 8. The van der Waals surface area contributed by atoms with Crippen molar-refractivity contribution >= 4 is 11.1 Å². The number of allylic oxidation sites excluding steroid dienone is 1. The van der Waals surface area contributed by atoms with Gasteiger partial charge in [0.2, 0.25) is 0 Å². The predicted octanol–water partition coefficient (Wildman–Crippen LogP) is 5.88. The van der Waals surface area contributed by atoms with E-state index in [1.165, 1.54) is 0 Å². The van der Waals surface area contributed by atoms with Crippen molar-refractivity contribution in [2.24, 2.45) is 0 Å². The van der Waals surface area contributed by atoms with Crippen molar-refractivity contribution in [3.05, 3.63) is 83.4 Å². The van der Waals surface area contributed by atoms with Crippen LogP contribution in [0.5, 0.6) is 23.0 Å². The molecular formula is C28H31NO4. The summed E-state index contributed by atoms with van der Waals surface area (Å²) in [5.41, 5.74) is 4.68. The highest BCUT2D eigenvalue weighted by atomic mass is 16.5. The Morgan fingerprint density at radius 1 is 0.909 bits per heavy atom. The van der Waals surface area contributed by atoms with Crippen molar-refractivity contribution < 1.29 is 19.7 Å². The van der Waals surface area contributed by atoms with Gasteiger partial charge in [-0.15, -0.1) is 0 Å². The molecule has 0 aliphatic carbocycles. The Kier molecular flexibility index (Phi) is 6.90. The molecule has 0 bridgehead atoms. The standard InChI is InChI=1S/C28H31NO4/c1-4-29(5-2)15-16-32-24-12-9-20(10-13-24)28-27(21-7-6-8-22(30)17-21)19(3)25-18-23(31)11-14-26(25)33-28/h6-14,17-18,28,30-31H,4-5,15-16H2,1-3H3. The van der Waals surface area contributed by atoms with Gasteiger partial charge in [0.05, 0.1) is 0 Å². The van der Waals surface area contributed by atoms with E-state index in [2.05, 4.69) is 18.7 Å². The number of nitrogens with zero attached hydrogens (tertiary/aromatic N) is 1. The number of ether oxygens (including phenoxy) is 2. The van der Waals surface area contributed by atoms with Crippen molar-refractivity contribution in [2.75, 3.05) is 26.2 Å². The van der Waals surface area contributed by atoms with E-state index < -0.39 is 0 Å². The number of aromatic hydroxyl groups is 2. The van der Waals surface area contributed by atoms with Gasteiger partial charge in [0, 0.05) is 17.7 Å². The maximum Gasteiger partial charge on any atom is 0.150 e. The number of benzene rings is 3. The molecule has 1 unspecified atom stereocenters. The number of phenolic OH excluding ortho intramolecular Hbond substituents is 2. The van der Waals surface area contributed by atoms with Gasteiger partial charge in [0.15, 0.2) is 0 Å². The summed E-state index contributed by atoms with van der Waals surface area (Å²) < 4.78 is 12.4. The van der Waals surface area contributed by atoms with Crippen LogP contribution in [0.4, 0.5) is 0 Å². The minimum absolute atomic E-state index is 0.191. The summed E-state index contributed by atoms with van der Waals surface area (Å²) >= 11 is 0. The van der Waals surface area contributed by atoms with Crippen LogP contribution in [0, 0.1) is 0 Å². The first-order valence-corrected chi connectivity index (χ1v) is 11.5. The van der Waals surface area contributed by atoms with Gasteiger partial charge in [-0.1, -0.05) is 38.1 Å². The Hall–Kier alpha value is -3.44. The minimum Gasteiger partial charge on any atom is -0.508 e. The van der Waals surface area contributed by atoms with Gasteiger partial charge in [-0.25, -0.2) is 0 Å². The van der Waals surface area contributed by atoms with Crippen LogP contribution in [0.3, 0.4) is 0 Å². The molecule has 172 valence electrons. The zero-order chi connectivity index (χ0) is 23.4. The van der Waals surface area contributed by atoms with Crippen molar-refractivity contribution in [1.82, 2.24) is 4.90 Å². The molecule has 0 saturated heterocycles. The average Bonchev–Trinajstić information content (AvgIpc) is 2.82. The molecule has 0 radical (unpaired) electrons. The van der Waals surface area contributed by atoms with Gasteiger partial charge in [0.1, 0.15) is 35.7 Å². The maximum absolute atomic E-state index is 10.1. The lowest BCUT2D eigenvalue weighted by Crippen LogP contribution is -2.27. The van der Waals surface area contributed by atoms with Crippen LogP contribution >= 0.6 is 0 Å². The molecule has 1 aliphatic rings. The zero-order valence-electron chi connectivity index (χ0n) is 19.4. The average molecular weight is 446 g/mol. The summed E-state index contributed by atoms with van der Waals surface area (Å²) in [6.45, 7) is 9.90. The molecule has 1 atom stereocenters. The summed E-state index contributed by atoms with van der Waals surface area (Å²) in [6, 6.07) is 20.3. The van der Waals surface area contributed by atoms with E-state index in [0.29, 0.717) is 6.61 Å². The van der Waals surface area contributed by atoms with Crippen molar-refractivity contribution in [2.45, 2.75) is 26.9 Å². The molecule has 1 heterocycles. The molecular weight excluding hydrogens is 414 g/mol. The number of hydrogen-bond donors (Lipinski definition) is 2. The second kappa shape index (κ2) is 10.0. The molecule has 1 aliphatic heterocycles. The third-order valence-electron chi connectivity index (χ3n) is 6.19. The van der Waals surface area contributed by atoms with Crippen LogP contribution < -0.4 is 9.47 Å². The first-order chi connectivity index (χ1) is 16.0. The fraction of sp³-hybridized carbons (Fsp3) is 0.286. The molecule has 0 saturated carbocycles. The van der Waals surface area contributed by atoms with Crippen molar-refractivity contribution in [1.29, 1.82) is 0 Å². The normalized spacial score (nSPS) is 15.3. The Bertz CT molecular complexity index is 1130. The lowest BCUT2D eigenvalue weighted by Gasteiger charge is -2.31. The molecule has 4 rings (SSSR count). The summed E-state index contributed by atoms with van der Waals surface area (Å²) in [4.78, 5) is 2.33. The molecule has 5 heteroatoms. The molecule has 3 aromatic rings. The molecule has 2 N–H and O–H groups in total. The highest BCUT2D eigenvalue weighted by molar-refractivity contribution is 5.95. The first-order valence-electron chi connectivity index (χ1n) is 11.5. The summed E-state index contributed by atoms with van der Waals surface area (Å²) in [5, 5.41) is 20.1. The number of likely N-dealkylation sites (N-methyl/N-ethyl adjacent to an activating group) is 1. The first kappa shape index (κ1) is 22.7. The Morgan fingerprint density at radius 2 is 1.64 bits per heavy atom. The van der Waals surface area contributed by atoms with Crippen LogP contribution in [0.25, 0.3) is 11.1 Å². The third kappa shape index (κ3) is 4.99. The van der Waals surface area contributed by atoms with Gasteiger partial charge in [-0.2, -0.15) is 0 Å². The van der Waals surface area contributed by atoms with E-state index in [0.717, 1.165) is 59.0 Å². The van der Waals surface area contributed by atoms with Crippen LogP contribution in [0.15, 0.2) is 66.7 Å². The molecule has 33 heavy (non-hydrogen) atoms. The van der Waals surface area contributed by atoms with E-state index in [-0.39, 0.29) is 17.6 Å². The summed E-state index contributed by atoms with van der Waals surface area (Å²) in [7, 11) is 0. The van der Waals surface area contributed by atoms with Gasteiger partial charge >= 0.3 is 0 Å². The number of hydrogen-bond acceptors (Lipinski definition) is 5. The van der Waals surface area contributed by atoms with E-state index >= 15 is 0 Å². The Labute approximate surface area is 195 Å². The topological polar surface area (TPSA) is 62.2 Å². The van der Waals surface area contributed by atoms with E-state index in [4.69, 9.17) is 9.47 Å². The fourth-order valence-electron chi connectivity index (χ4n) is 4.29. The molecule has 0 spiro atoms. The second-order valence-corrected chi connectivity index (χ2v) is 8.21. The van der Waals surface area contributed by atoms with Gasteiger partial charge in [-0.05, 0) is 79.2 Å². The van der Waals surface area contributed by atoms with Crippen molar-refractivity contribution in [3.8, 4) is 23.0 Å². The summed E-state index contributed by atoms with van der Waals surface area (Å²) in [5.74, 6) is 1.94. The number of phenols is 2.